The highest BCUT2D eigenvalue weighted by Gasteiger charge is 2.25. The van der Waals surface area contributed by atoms with Crippen LogP contribution < -0.4 is 4.74 Å². The fraction of sp³-hybridized carbons (Fsp3) is 0.500. The average Bonchev–Trinajstić information content (AvgIpc) is 3.31. The molecule has 0 bridgehead atoms. The van der Waals surface area contributed by atoms with Crippen LogP contribution in [0.3, 0.4) is 0 Å². The standard InChI is InChI=1S/C32H45N3O4/c1-24(20-32(2,3)4)19-30(36)35(17-18-38-5)23-31(37)34(22-25-11-13-27(39-6)14-12-25)16-15-26-21-33-29-10-8-7-9-28(26)29/h7-14,21,24,33H,15-20,22-23H2,1-6H3. The highest BCUT2D eigenvalue weighted by Crippen LogP contribution is 2.26. The number of hydrogen-bond donors (Lipinski definition) is 1. The van der Waals surface area contributed by atoms with Crippen molar-refractivity contribution in [3.05, 3.63) is 65.9 Å². The molecule has 3 rings (SSSR count). The van der Waals surface area contributed by atoms with Crippen LogP contribution in [0.1, 0.15) is 51.7 Å². The van der Waals surface area contributed by atoms with E-state index in [9.17, 15) is 9.59 Å². The van der Waals surface area contributed by atoms with Crippen molar-refractivity contribution in [2.75, 3.05) is 40.5 Å². The highest BCUT2D eigenvalue weighted by atomic mass is 16.5. The van der Waals surface area contributed by atoms with Crippen LogP contribution in [0.15, 0.2) is 54.7 Å². The van der Waals surface area contributed by atoms with Crippen LogP contribution in [-0.4, -0.2) is 67.1 Å². The van der Waals surface area contributed by atoms with Gasteiger partial charge in [-0.3, -0.25) is 9.59 Å². The fourth-order valence-corrected chi connectivity index (χ4v) is 5.14. The van der Waals surface area contributed by atoms with E-state index in [1.54, 1.807) is 19.1 Å². The summed E-state index contributed by atoms with van der Waals surface area (Å²) in [5.74, 6) is 0.933. The zero-order valence-electron chi connectivity index (χ0n) is 24.5. The molecule has 7 nitrogen and oxygen atoms in total. The summed E-state index contributed by atoms with van der Waals surface area (Å²) in [6.07, 6.45) is 4.09. The van der Waals surface area contributed by atoms with Gasteiger partial charge in [0.15, 0.2) is 0 Å². The van der Waals surface area contributed by atoms with E-state index in [0.717, 1.165) is 23.3 Å². The molecule has 2 amide bonds. The smallest absolute Gasteiger partial charge is 0.242 e. The molecule has 0 saturated carbocycles. The predicted molar refractivity (Wildman–Crippen MR) is 157 cm³/mol. The molecule has 39 heavy (non-hydrogen) atoms. The van der Waals surface area contributed by atoms with Crippen LogP contribution in [0.4, 0.5) is 0 Å². The second kappa shape index (κ2) is 14.2. The van der Waals surface area contributed by atoms with Gasteiger partial charge in [-0.1, -0.05) is 58.0 Å². The maximum absolute atomic E-state index is 13.7. The number of aromatic amines is 1. The zero-order chi connectivity index (χ0) is 28.4. The Morgan fingerprint density at radius 2 is 1.67 bits per heavy atom. The van der Waals surface area contributed by atoms with Crippen molar-refractivity contribution in [1.82, 2.24) is 14.8 Å². The Kier molecular flexibility index (Phi) is 11.0. The Morgan fingerprint density at radius 1 is 0.949 bits per heavy atom. The minimum absolute atomic E-state index is 0.00169. The van der Waals surface area contributed by atoms with Crippen LogP contribution in [-0.2, 0) is 27.3 Å². The molecule has 0 aliphatic carbocycles. The van der Waals surface area contributed by atoms with Crippen molar-refractivity contribution in [1.29, 1.82) is 0 Å². The first-order valence-electron chi connectivity index (χ1n) is 13.8. The summed E-state index contributed by atoms with van der Waals surface area (Å²) in [6.45, 7) is 10.5. The normalized spacial score (nSPS) is 12.4. The van der Waals surface area contributed by atoms with Gasteiger partial charge < -0.3 is 24.3 Å². The number of benzene rings is 2. The summed E-state index contributed by atoms with van der Waals surface area (Å²) in [5, 5.41) is 1.17. The van der Waals surface area contributed by atoms with Crippen molar-refractivity contribution >= 4 is 22.7 Å². The molecule has 1 atom stereocenters. The Labute approximate surface area is 233 Å². The van der Waals surface area contributed by atoms with E-state index >= 15 is 0 Å². The zero-order valence-corrected chi connectivity index (χ0v) is 24.5. The number of nitrogens with zero attached hydrogens (tertiary/aromatic N) is 2. The third kappa shape index (κ3) is 9.43. The molecule has 3 aromatic rings. The summed E-state index contributed by atoms with van der Waals surface area (Å²) < 4.78 is 10.6. The van der Waals surface area contributed by atoms with Crippen LogP contribution in [0, 0.1) is 11.3 Å². The molecule has 1 unspecified atom stereocenters. The van der Waals surface area contributed by atoms with Crippen molar-refractivity contribution in [2.45, 2.75) is 53.5 Å². The highest BCUT2D eigenvalue weighted by molar-refractivity contribution is 5.85. The molecule has 0 radical (unpaired) electrons. The van der Waals surface area contributed by atoms with Crippen LogP contribution in [0.25, 0.3) is 10.9 Å². The number of H-pyrrole nitrogens is 1. The van der Waals surface area contributed by atoms with Gasteiger partial charge in [-0.15, -0.1) is 0 Å². The summed E-state index contributed by atoms with van der Waals surface area (Å²) in [7, 11) is 3.25. The van der Waals surface area contributed by atoms with Gasteiger partial charge in [0.1, 0.15) is 5.75 Å². The molecule has 2 aromatic carbocycles. The van der Waals surface area contributed by atoms with Gasteiger partial charge in [0.2, 0.25) is 11.8 Å². The number of ether oxygens (including phenoxy) is 2. The fourth-order valence-electron chi connectivity index (χ4n) is 5.14. The molecule has 212 valence electrons. The first-order chi connectivity index (χ1) is 18.6. The molecule has 1 N–H and O–H groups in total. The Hall–Kier alpha value is -3.32. The second-order valence-electron chi connectivity index (χ2n) is 11.7. The number of para-hydroxylation sites is 1. The number of carbonyl (C=O) groups is 2. The van der Waals surface area contributed by atoms with Crippen LogP contribution >= 0.6 is 0 Å². The lowest BCUT2D eigenvalue weighted by atomic mass is 9.84. The maximum Gasteiger partial charge on any atom is 0.242 e. The van der Waals surface area contributed by atoms with Gasteiger partial charge in [-0.05, 0) is 53.5 Å². The number of aromatic nitrogens is 1. The summed E-state index contributed by atoms with van der Waals surface area (Å²) in [5.41, 5.74) is 3.41. The summed E-state index contributed by atoms with van der Waals surface area (Å²) in [6, 6.07) is 16.0. The molecule has 1 heterocycles. The number of methoxy groups -OCH3 is 2. The molecule has 1 aromatic heterocycles. The van der Waals surface area contributed by atoms with Gasteiger partial charge in [0, 0.05) is 50.3 Å². The number of hydrogen-bond acceptors (Lipinski definition) is 4. The molecular formula is C32H45N3O4. The van der Waals surface area contributed by atoms with Gasteiger partial charge in [-0.2, -0.15) is 0 Å². The van der Waals surface area contributed by atoms with Gasteiger partial charge >= 0.3 is 0 Å². The first kappa shape index (κ1) is 30.2. The lowest BCUT2D eigenvalue weighted by molar-refractivity contribution is -0.142. The number of amides is 2. The Morgan fingerprint density at radius 3 is 2.33 bits per heavy atom. The number of rotatable bonds is 14. The molecule has 0 aliphatic rings. The quantitative estimate of drug-likeness (QED) is 0.288. The first-order valence-corrected chi connectivity index (χ1v) is 13.8. The Bertz CT molecular complexity index is 1200. The monoisotopic (exact) mass is 535 g/mol. The largest absolute Gasteiger partial charge is 0.497 e. The third-order valence-electron chi connectivity index (χ3n) is 6.94. The van der Waals surface area contributed by atoms with Crippen LogP contribution in [0.5, 0.6) is 5.75 Å². The molecule has 7 heteroatoms. The summed E-state index contributed by atoms with van der Waals surface area (Å²) in [4.78, 5) is 33.9. The Balaban J connectivity index is 1.76. The minimum Gasteiger partial charge on any atom is -0.497 e. The van der Waals surface area contributed by atoms with Crippen molar-refractivity contribution in [3.63, 3.8) is 0 Å². The number of nitrogens with one attached hydrogen (secondary N) is 1. The maximum atomic E-state index is 13.7. The van der Waals surface area contributed by atoms with Crippen LogP contribution in [0.2, 0.25) is 0 Å². The van der Waals surface area contributed by atoms with E-state index in [1.165, 1.54) is 10.9 Å². The lowest BCUT2D eigenvalue weighted by Gasteiger charge is -2.29. The summed E-state index contributed by atoms with van der Waals surface area (Å²) >= 11 is 0. The predicted octanol–water partition coefficient (Wildman–Crippen LogP) is 5.69. The van der Waals surface area contributed by atoms with Crippen molar-refractivity contribution in [2.24, 2.45) is 11.3 Å². The SMILES string of the molecule is COCCN(CC(=O)N(CCc1c[nH]c2ccccc12)Cc1ccc(OC)cc1)C(=O)CC(C)CC(C)(C)C. The molecule has 0 spiro atoms. The number of fused-ring (bicyclic) bond motifs is 1. The van der Waals surface area contributed by atoms with Crippen molar-refractivity contribution in [3.8, 4) is 5.75 Å². The average molecular weight is 536 g/mol. The van der Waals surface area contributed by atoms with E-state index < -0.39 is 0 Å². The van der Waals surface area contributed by atoms with Crippen molar-refractivity contribution < 1.29 is 19.1 Å². The molecule has 0 fully saturated rings. The van der Waals surface area contributed by atoms with Gasteiger partial charge in [0.05, 0.1) is 20.3 Å². The topological polar surface area (TPSA) is 74.9 Å². The van der Waals surface area contributed by atoms with E-state index in [0.29, 0.717) is 39.1 Å². The lowest BCUT2D eigenvalue weighted by Crippen LogP contribution is -2.45. The second-order valence-corrected chi connectivity index (χ2v) is 11.7. The third-order valence-corrected chi connectivity index (χ3v) is 6.94. The molecular weight excluding hydrogens is 490 g/mol. The van der Waals surface area contributed by atoms with E-state index in [1.807, 2.05) is 47.5 Å². The minimum atomic E-state index is -0.0708. The molecule has 0 saturated heterocycles. The molecule has 0 aliphatic heterocycles. The van der Waals surface area contributed by atoms with E-state index in [-0.39, 0.29) is 29.7 Å². The van der Waals surface area contributed by atoms with E-state index in [4.69, 9.17) is 9.47 Å². The van der Waals surface area contributed by atoms with Gasteiger partial charge in [0.25, 0.3) is 0 Å². The number of carbonyl (C=O) groups excluding carboxylic acids is 2. The van der Waals surface area contributed by atoms with E-state index in [2.05, 4.69) is 44.8 Å². The van der Waals surface area contributed by atoms with Gasteiger partial charge in [-0.25, -0.2) is 0 Å².